The van der Waals surface area contributed by atoms with Crippen LogP contribution >= 0.6 is 0 Å². The summed E-state index contributed by atoms with van der Waals surface area (Å²) in [7, 11) is 0. The zero-order chi connectivity index (χ0) is 30.9. The van der Waals surface area contributed by atoms with Crippen LogP contribution in [0.4, 0.5) is 0 Å². The van der Waals surface area contributed by atoms with Crippen LogP contribution < -0.4 is 0 Å². The quantitative estimate of drug-likeness (QED) is 0.192. The van der Waals surface area contributed by atoms with Gasteiger partial charge in [0.15, 0.2) is 0 Å². The zero-order valence-electron chi connectivity index (χ0n) is 26.0. The summed E-state index contributed by atoms with van der Waals surface area (Å²) in [6, 6.07) is 47.8. The molecule has 218 valence electrons. The Morgan fingerprint density at radius 2 is 0.913 bits per heavy atom. The first-order chi connectivity index (χ1) is 22.6. The number of benzene rings is 7. The van der Waals surface area contributed by atoms with E-state index in [1.807, 2.05) is 0 Å². The van der Waals surface area contributed by atoms with Crippen molar-refractivity contribution in [3.8, 4) is 28.2 Å². The Morgan fingerprint density at radius 1 is 0.435 bits per heavy atom. The van der Waals surface area contributed by atoms with Gasteiger partial charge in [-0.3, -0.25) is 0 Å². The van der Waals surface area contributed by atoms with Crippen LogP contribution in [0.1, 0.15) is 16.7 Å². The third-order valence-electron chi connectivity index (χ3n) is 9.42. The van der Waals surface area contributed by atoms with Crippen LogP contribution in [0.15, 0.2) is 133 Å². The molecule has 0 unspecified atom stereocenters. The molecule has 2 aromatic heterocycles. The van der Waals surface area contributed by atoms with Gasteiger partial charge < -0.3 is 4.57 Å². The largest absolute Gasteiger partial charge is 0.309 e. The van der Waals surface area contributed by atoms with E-state index in [2.05, 4.69) is 159 Å². The van der Waals surface area contributed by atoms with Crippen molar-refractivity contribution in [2.45, 2.75) is 20.8 Å². The molecule has 9 rings (SSSR count). The van der Waals surface area contributed by atoms with Gasteiger partial charge in [-0.25, -0.2) is 9.97 Å². The van der Waals surface area contributed by atoms with E-state index in [4.69, 9.17) is 9.97 Å². The summed E-state index contributed by atoms with van der Waals surface area (Å²) in [5.74, 6) is 0. The molecule has 46 heavy (non-hydrogen) atoms. The van der Waals surface area contributed by atoms with E-state index in [1.54, 1.807) is 0 Å². The second-order valence-electron chi connectivity index (χ2n) is 12.4. The Kier molecular flexibility index (Phi) is 5.85. The Balaban J connectivity index is 1.40. The van der Waals surface area contributed by atoms with Crippen LogP contribution in [-0.2, 0) is 0 Å². The smallest absolute Gasteiger partial charge is 0.0979 e. The lowest BCUT2D eigenvalue weighted by atomic mass is 9.93. The fourth-order valence-electron chi connectivity index (χ4n) is 7.58. The third kappa shape index (κ3) is 3.92. The van der Waals surface area contributed by atoms with E-state index >= 15 is 0 Å². The highest BCUT2D eigenvalue weighted by Gasteiger charge is 2.21. The maximum atomic E-state index is 5.58. The summed E-state index contributed by atoms with van der Waals surface area (Å²) in [6.45, 7) is 6.54. The first kappa shape index (κ1) is 26.6. The fraction of sp³-hybridized carbons (Fsp3) is 0.0698. The number of rotatable bonds is 3. The van der Waals surface area contributed by atoms with Gasteiger partial charge >= 0.3 is 0 Å². The molecule has 0 fully saturated rings. The van der Waals surface area contributed by atoms with Gasteiger partial charge in [0.2, 0.25) is 0 Å². The van der Waals surface area contributed by atoms with Crippen LogP contribution in [0, 0.1) is 20.8 Å². The Morgan fingerprint density at radius 3 is 1.48 bits per heavy atom. The molecule has 0 N–H and O–H groups in total. The molecule has 0 saturated heterocycles. The van der Waals surface area contributed by atoms with Gasteiger partial charge in [-0.1, -0.05) is 115 Å². The standard InChI is InChI=1S/C43H31N3/c1-26-23-27(2)39(28(3)24-26)43-40(44-41-35-19-6-4-15-31(35)32-16-5-7-20-36(32)42(41)45-43)29-13-12-14-30(25-29)46-37-21-10-8-17-33(37)34-18-9-11-22-38(34)46/h4-25H,1-3H3. The molecule has 0 aliphatic carbocycles. The molecule has 0 aliphatic rings. The maximum absolute atomic E-state index is 5.58. The summed E-state index contributed by atoms with van der Waals surface area (Å²) in [5, 5.41) is 7.13. The average Bonchev–Trinajstić information content (AvgIpc) is 3.42. The predicted octanol–water partition coefficient (Wildman–Crippen LogP) is 11.3. The number of fused-ring (bicyclic) bond motifs is 9. The molecule has 0 saturated carbocycles. The molecule has 0 spiro atoms. The van der Waals surface area contributed by atoms with Crippen molar-refractivity contribution in [3.05, 3.63) is 150 Å². The van der Waals surface area contributed by atoms with Gasteiger partial charge in [0.25, 0.3) is 0 Å². The molecule has 0 radical (unpaired) electrons. The number of aryl methyl sites for hydroxylation is 3. The lowest BCUT2D eigenvalue weighted by molar-refractivity contribution is 1.18. The summed E-state index contributed by atoms with van der Waals surface area (Å²) in [4.78, 5) is 11.2. The van der Waals surface area contributed by atoms with E-state index in [-0.39, 0.29) is 0 Å². The summed E-state index contributed by atoms with van der Waals surface area (Å²) in [6.07, 6.45) is 0. The van der Waals surface area contributed by atoms with Gasteiger partial charge in [0.1, 0.15) is 0 Å². The second-order valence-corrected chi connectivity index (χ2v) is 12.4. The van der Waals surface area contributed by atoms with E-state index in [0.717, 1.165) is 50.0 Å². The lowest BCUT2D eigenvalue weighted by Gasteiger charge is -2.18. The SMILES string of the molecule is Cc1cc(C)c(-c2nc3c4ccccc4c4ccccc4c3nc2-c2cccc(-n3c4ccccc4c4ccccc43)c2)c(C)c1. The average molecular weight is 590 g/mol. The topological polar surface area (TPSA) is 30.7 Å². The van der Waals surface area contributed by atoms with Crippen LogP contribution in [-0.4, -0.2) is 14.5 Å². The van der Waals surface area contributed by atoms with Crippen molar-refractivity contribution in [2.24, 2.45) is 0 Å². The van der Waals surface area contributed by atoms with Crippen LogP contribution in [0.5, 0.6) is 0 Å². The van der Waals surface area contributed by atoms with Crippen LogP contribution in [0.3, 0.4) is 0 Å². The first-order valence-corrected chi connectivity index (χ1v) is 15.9. The van der Waals surface area contributed by atoms with Crippen molar-refractivity contribution in [2.75, 3.05) is 0 Å². The molecule has 3 nitrogen and oxygen atoms in total. The minimum atomic E-state index is 0.894. The van der Waals surface area contributed by atoms with Crippen molar-refractivity contribution in [1.29, 1.82) is 0 Å². The number of hydrogen-bond acceptors (Lipinski definition) is 2. The predicted molar refractivity (Wildman–Crippen MR) is 194 cm³/mol. The van der Waals surface area contributed by atoms with Crippen molar-refractivity contribution in [1.82, 2.24) is 14.5 Å². The minimum Gasteiger partial charge on any atom is -0.309 e. The highest BCUT2D eigenvalue weighted by molar-refractivity contribution is 6.23. The van der Waals surface area contributed by atoms with Gasteiger partial charge in [0.05, 0.1) is 33.5 Å². The van der Waals surface area contributed by atoms with E-state index in [1.165, 1.54) is 49.3 Å². The second kappa shape index (κ2) is 10.1. The summed E-state index contributed by atoms with van der Waals surface area (Å²) in [5.41, 5.74) is 13.0. The normalized spacial score (nSPS) is 11.8. The van der Waals surface area contributed by atoms with E-state index < -0.39 is 0 Å². The molecule has 2 heterocycles. The van der Waals surface area contributed by atoms with Crippen molar-refractivity contribution >= 4 is 54.4 Å². The van der Waals surface area contributed by atoms with Gasteiger partial charge in [-0.15, -0.1) is 0 Å². The Hall–Kier alpha value is -5.80. The van der Waals surface area contributed by atoms with Gasteiger partial charge in [-0.2, -0.15) is 0 Å². The monoisotopic (exact) mass is 589 g/mol. The highest BCUT2D eigenvalue weighted by Crippen LogP contribution is 2.41. The van der Waals surface area contributed by atoms with Crippen LogP contribution in [0.2, 0.25) is 0 Å². The molecule has 9 aromatic rings. The molecular weight excluding hydrogens is 558 g/mol. The van der Waals surface area contributed by atoms with E-state index in [0.29, 0.717) is 0 Å². The van der Waals surface area contributed by atoms with Crippen molar-refractivity contribution < 1.29 is 0 Å². The molecule has 3 heteroatoms. The molecule has 7 aromatic carbocycles. The number of hydrogen-bond donors (Lipinski definition) is 0. The summed E-state index contributed by atoms with van der Waals surface area (Å²) < 4.78 is 2.37. The summed E-state index contributed by atoms with van der Waals surface area (Å²) >= 11 is 0. The molecular formula is C43H31N3. The molecule has 0 bridgehead atoms. The third-order valence-corrected chi connectivity index (χ3v) is 9.42. The Labute approximate surface area is 267 Å². The maximum Gasteiger partial charge on any atom is 0.0979 e. The highest BCUT2D eigenvalue weighted by atomic mass is 15.0. The lowest BCUT2D eigenvalue weighted by Crippen LogP contribution is -2.01. The number of nitrogens with zero attached hydrogens (tertiary/aromatic N) is 3. The number of para-hydroxylation sites is 2. The molecule has 0 amide bonds. The molecule has 0 aliphatic heterocycles. The van der Waals surface area contributed by atoms with Crippen molar-refractivity contribution in [3.63, 3.8) is 0 Å². The Bertz CT molecular complexity index is 2600. The fourth-order valence-corrected chi connectivity index (χ4v) is 7.58. The minimum absolute atomic E-state index is 0.894. The van der Waals surface area contributed by atoms with E-state index in [9.17, 15) is 0 Å². The number of aromatic nitrogens is 3. The van der Waals surface area contributed by atoms with Gasteiger partial charge in [-0.05, 0) is 66.9 Å². The first-order valence-electron chi connectivity index (χ1n) is 15.9. The van der Waals surface area contributed by atoms with Gasteiger partial charge in [0, 0.05) is 38.4 Å². The molecule has 0 atom stereocenters. The van der Waals surface area contributed by atoms with Crippen LogP contribution in [0.25, 0.3) is 82.6 Å². The zero-order valence-corrected chi connectivity index (χ0v) is 26.0.